The van der Waals surface area contributed by atoms with Gasteiger partial charge in [0, 0.05) is 12.6 Å². The number of aryl methyl sites for hydroxylation is 2. The van der Waals surface area contributed by atoms with E-state index in [4.69, 9.17) is 5.11 Å². The number of nitrogens with zero attached hydrogens (tertiary/aromatic N) is 2. The van der Waals surface area contributed by atoms with Crippen molar-refractivity contribution in [3.8, 4) is 11.3 Å². The molecule has 0 spiro atoms. The van der Waals surface area contributed by atoms with Crippen molar-refractivity contribution in [2.45, 2.75) is 13.8 Å². The lowest BCUT2D eigenvalue weighted by Gasteiger charge is -2.05. The molecule has 0 aliphatic carbocycles. The zero-order valence-electron chi connectivity index (χ0n) is 10.1. The van der Waals surface area contributed by atoms with Gasteiger partial charge in [-0.15, -0.1) is 0 Å². The van der Waals surface area contributed by atoms with Crippen molar-refractivity contribution in [2.24, 2.45) is 7.05 Å². The van der Waals surface area contributed by atoms with Crippen LogP contribution in [0.4, 0.5) is 0 Å². The van der Waals surface area contributed by atoms with Crippen LogP contribution in [0.5, 0.6) is 0 Å². The first-order valence-corrected chi connectivity index (χ1v) is 5.34. The Morgan fingerprint density at radius 3 is 2.65 bits per heavy atom. The average molecular weight is 230 g/mol. The largest absolute Gasteiger partial charge is 0.477 e. The van der Waals surface area contributed by atoms with Crippen molar-refractivity contribution < 1.29 is 9.90 Å². The van der Waals surface area contributed by atoms with Gasteiger partial charge in [0.15, 0.2) is 0 Å². The zero-order chi connectivity index (χ0) is 12.6. The number of carboxylic acids is 1. The molecular formula is C13H14N2O2. The molecule has 0 radical (unpaired) electrons. The van der Waals surface area contributed by atoms with E-state index < -0.39 is 5.97 Å². The molecule has 17 heavy (non-hydrogen) atoms. The van der Waals surface area contributed by atoms with Crippen LogP contribution in [-0.2, 0) is 7.05 Å². The Morgan fingerprint density at radius 1 is 1.35 bits per heavy atom. The number of carbonyl (C=O) groups is 1. The maximum Gasteiger partial charge on any atom is 0.354 e. The summed E-state index contributed by atoms with van der Waals surface area (Å²) in [5, 5.41) is 13.2. The van der Waals surface area contributed by atoms with E-state index in [0.29, 0.717) is 5.69 Å². The maximum absolute atomic E-state index is 11.0. The first-order chi connectivity index (χ1) is 8.00. The van der Waals surface area contributed by atoms with Gasteiger partial charge in [0.1, 0.15) is 5.69 Å². The van der Waals surface area contributed by atoms with Crippen molar-refractivity contribution in [2.75, 3.05) is 0 Å². The highest BCUT2D eigenvalue weighted by molar-refractivity contribution is 5.87. The minimum atomic E-state index is -0.962. The van der Waals surface area contributed by atoms with E-state index in [-0.39, 0.29) is 5.69 Å². The van der Waals surface area contributed by atoms with Gasteiger partial charge in [0.2, 0.25) is 0 Å². The third-order valence-electron chi connectivity index (χ3n) is 2.98. The molecule has 4 heteroatoms. The number of carboxylic acid groups (broad SMARTS) is 1. The first-order valence-electron chi connectivity index (χ1n) is 5.34. The van der Waals surface area contributed by atoms with Gasteiger partial charge in [-0.25, -0.2) is 4.79 Å². The predicted molar refractivity (Wildman–Crippen MR) is 65.1 cm³/mol. The van der Waals surface area contributed by atoms with Gasteiger partial charge >= 0.3 is 5.97 Å². The van der Waals surface area contributed by atoms with Gasteiger partial charge in [0.05, 0.1) is 5.69 Å². The normalized spacial score (nSPS) is 10.5. The van der Waals surface area contributed by atoms with Crippen LogP contribution in [0.3, 0.4) is 0 Å². The summed E-state index contributed by atoms with van der Waals surface area (Å²) in [6.07, 6.45) is 0. The molecule has 2 rings (SSSR count). The molecule has 1 aromatic carbocycles. The monoisotopic (exact) mass is 230 g/mol. The summed E-state index contributed by atoms with van der Waals surface area (Å²) >= 11 is 0. The molecular weight excluding hydrogens is 216 g/mol. The van der Waals surface area contributed by atoms with Gasteiger partial charge in [-0.05, 0) is 31.0 Å². The molecule has 1 heterocycles. The molecule has 4 nitrogen and oxygen atoms in total. The van der Waals surface area contributed by atoms with E-state index >= 15 is 0 Å². The van der Waals surface area contributed by atoms with Gasteiger partial charge in [-0.1, -0.05) is 18.2 Å². The Bertz CT molecular complexity index is 585. The second-order valence-corrected chi connectivity index (χ2v) is 4.09. The maximum atomic E-state index is 11.0. The highest BCUT2D eigenvalue weighted by atomic mass is 16.4. The SMILES string of the molecule is Cc1cccc(-c2cc(C(=O)O)n(C)n2)c1C. The number of benzene rings is 1. The van der Waals surface area contributed by atoms with Crippen LogP contribution in [0.15, 0.2) is 24.3 Å². The van der Waals surface area contributed by atoms with Gasteiger partial charge in [-0.3, -0.25) is 4.68 Å². The molecule has 0 amide bonds. The van der Waals surface area contributed by atoms with Crippen molar-refractivity contribution in [3.63, 3.8) is 0 Å². The van der Waals surface area contributed by atoms with E-state index in [9.17, 15) is 4.79 Å². The quantitative estimate of drug-likeness (QED) is 0.861. The van der Waals surface area contributed by atoms with Crippen LogP contribution >= 0.6 is 0 Å². The molecule has 2 aromatic rings. The fourth-order valence-corrected chi connectivity index (χ4v) is 1.83. The molecule has 0 saturated carbocycles. The summed E-state index contributed by atoms with van der Waals surface area (Å²) < 4.78 is 1.39. The summed E-state index contributed by atoms with van der Waals surface area (Å²) in [7, 11) is 1.64. The summed E-state index contributed by atoms with van der Waals surface area (Å²) in [5.74, 6) is -0.962. The summed E-state index contributed by atoms with van der Waals surface area (Å²) in [4.78, 5) is 11.0. The van der Waals surface area contributed by atoms with E-state index in [1.807, 2.05) is 32.0 Å². The lowest BCUT2D eigenvalue weighted by molar-refractivity contribution is 0.0685. The molecule has 0 bridgehead atoms. The molecule has 1 aromatic heterocycles. The fraction of sp³-hybridized carbons (Fsp3) is 0.231. The van der Waals surface area contributed by atoms with Crippen LogP contribution in [0.2, 0.25) is 0 Å². The van der Waals surface area contributed by atoms with Crippen LogP contribution in [0.1, 0.15) is 21.6 Å². The highest BCUT2D eigenvalue weighted by Gasteiger charge is 2.14. The van der Waals surface area contributed by atoms with Gasteiger partial charge in [0.25, 0.3) is 0 Å². The zero-order valence-corrected chi connectivity index (χ0v) is 10.1. The first kappa shape index (κ1) is 11.4. The fourth-order valence-electron chi connectivity index (χ4n) is 1.83. The third kappa shape index (κ3) is 1.93. The Morgan fingerprint density at radius 2 is 2.06 bits per heavy atom. The number of aromatic carboxylic acids is 1. The molecule has 0 atom stereocenters. The molecule has 0 aliphatic rings. The van der Waals surface area contributed by atoms with E-state index in [1.165, 1.54) is 10.2 Å². The lowest BCUT2D eigenvalue weighted by Crippen LogP contribution is -2.04. The van der Waals surface area contributed by atoms with Crippen LogP contribution in [-0.4, -0.2) is 20.9 Å². The molecule has 0 fully saturated rings. The molecule has 1 N–H and O–H groups in total. The van der Waals surface area contributed by atoms with Crippen molar-refractivity contribution >= 4 is 5.97 Å². The third-order valence-corrected chi connectivity index (χ3v) is 2.98. The Labute approximate surface area is 99.5 Å². The predicted octanol–water partition coefficient (Wildman–Crippen LogP) is 2.40. The minimum absolute atomic E-state index is 0.195. The van der Waals surface area contributed by atoms with Gasteiger partial charge < -0.3 is 5.11 Å². The second-order valence-electron chi connectivity index (χ2n) is 4.09. The number of hydrogen-bond acceptors (Lipinski definition) is 2. The van der Waals surface area contributed by atoms with Crippen molar-refractivity contribution in [1.29, 1.82) is 0 Å². The Hall–Kier alpha value is -2.10. The molecule has 88 valence electrons. The lowest BCUT2D eigenvalue weighted by atomic mass is 10.0. The number of hydrogen-bond donors (Lipinski definition) is 1. The van der Waals surface area contributed by atoms with Crippen molar-refractivity contribution in [3.05, 3.63) is 41.1 Å². The van der Waals surface area contributed by atoms with E-state index in [0.717, 1.165) is 11.1 Å². The standard InChI is InChI=1S/C13H14N2O2/c1-8-5-4-6-10(9(8)2)11-7-12(13(16)17)15(3)14-11/h4-7H,1-3H3,(H,16,17). The summed E-state index contributed by atoms with van der Waals surface area (Å²) in [5.41, 5.74) is 4.17. The number of aromatic nitrogens is 2. The minimum Gasteiger partial charge on any atom is -0.477 e. The average Bonchev–Trinajstić information content (AvgIpc) is 2.64. The van der Waals surface area contributed by atoms with Crippen LogP contribution in [0.25, 0.3) is 11.3 Å². The second kappa shape index (κ2) is 4.05. The highest BCUT2D eigenvalue weighted by Crippen LogP contribution is 2.24. The van der Waals surface area contributed by atoms with Crippen LogP contribution in [0, 0.1) is 13.8 Å². The Balaban J connectivity index is 2.58. The smallest absolute Gasteiger partial charge is 0.354 e. The summed E-state index contributed by atoms with van der Waals surface area (Å²) in [6, 6.07) is 7.53. The van der Waals surface area contributed by atoms with Crippen molar-refractivity contribution in [1.82, 2.24) is 9.78 Å². The number of rotatable bonds is 2. The van der Waals surface area contributed by atoms with Crippen LogP contribution < -0.4 is 0 Å². The van der Waals surface area contributed by atoms with E-state index in [1.54, 1.807) is 13.1 Å². The molecule has 0 saturated heterocycles. The van der Waals surface area contributed by atoms with Gasteiger partial charge in [-0.2, -0.15) is 5.10 Å². The molecule has 0 unspecified atom stereocenters. The molecule has 0 aliphatic heterocycles. The Kier molecular flexibility index (Phi) is 2.71. The summed E-state index contributed by atoms with van der Waals surface area (Å²) in [6.45, 7) is 4.04. The topological polar surface area (TPSA) is 55.1 Å². The van der Waals surface area contributed by atoms with E-state index in [2.05, 4.69) is 5.10 Å².